The Morgan fingerprint density at radius 1 is 1.16 bits per heavy atom. The average Bonchev–Trinajstić information content (AvgIpc) is 3.05. The van der Waals surface area contributed by atoms with E-state index in [1.807, 2.05) is 49.8 Å². The van der Waals surface area contributed by atoms with E-state index in [0.29, 0.717) is 5.69 Å². The van der Waals surface area contributed by atoms with Gasteiger partial charge in [0.2, 0.25) is 0 Å². The number of aryl methyl sites for hydroxylation is 3. The van der Waals surface area contributed by atoms with Crippen LogP contribution >= 0.6 is 11.8 Å². The van der Waals surface area contributed by atoms with Crippen LogP contribution < -0.4 is 21.4 Å². The summed E-state index contributed by atoms with van der Waals surface area (Å²) in [4.78, 5) is 12.2. The van der Waals surface area contributed by atoms with Gasteiger partial charge in [0.05, 0.1) is 16.4 Å². The van der Waals surface area contributed by atoms with Crippen LogP contribution in [0.4, 0.5) is 10.5 Å². The highest BCUT2D eigenvalue weighted by atomic mass is 32.2. The number of nitrogens with two attached hydrogens (primary N) is 2. The summed E-state index contributed by atoms with van der Waals surface area (Å²) >= 11 is 1.69. The first-order chi connectivity index (χ1) is 15.1. The Morgan fingerprint density at radius 3 is 2.47 bits per heavy atom. The van der Waals surface area contributed by atoms with Crippen LogP contribution in [0.15, 0.2) is 41.4 Å². The van der Waals surface area contributed by atoms with E-state index in [1.54, 1.807) is 17.8 Å². The fraction of sp³-hybridized carbons (Fsp3) is 0.304. The molecule has 0 unspecified atom stereocenters. The van der Waals surface area contributed by atoms with E-state index >= 15 is 0 Å². The van der Waals surface area contributed by atoms with E-state index < -0.39 is 6.03 Å². The molecule has 0 saturated carbocycles. The second kappa shape index (κ2) is 9.64. The molecule has 170 valence electrons. The number of benzene rings is 2. The molecule has 0 radical (unpaired) electrons. The smallest absolute Gasteiger partial charge is 0.352 e. The van der Waals surface area contributed by atoms with Gasteiger partial charge in [-0.05, 0) is 62.4 Å². The minimum absolute atomic E-state index is 0.261. The van der Waals surface area contributed by atoms with E-state index in [1.165, 1.54) is 7.05 Å². The van der Waals surface area contributed by atoms with Gasteiger partial charge >= 0.3 is 6.03 Å². The lowest BCUT2D eigenvalue weighted by molar-refractivity contribution is 0.216. The largest absolute Gasteiger partial charge is 0.489 e. The molecule has 4 N–H and O–H groups in total. The molecule has 0 fully saturated rings. The summed E-state index contributed by atoms with van der Waals surface area (Å²) < 4.78 is 8.05. The fourth-order valence-electron chi connectivity index (χ4n) is 3.66. The van der Waals surface area contributed by atoms with Crippen LogP contribution in [0, 0.1) is 20.8 Å². The van der Waals surface area contributed by atoms with Gasteiger partial charge in [0, 0.05) is 30.8 Å². The van der Waals surface area contributed by atoms with Crippen LogP contribution in [0.3, 0.4) is 0 Å². The van der Waals surface area contributed by atoms with Crippen molar-refractivity contribution in [3.8, 4) is 17.0 Å². The zero-order chi connectivity index (χ0) is 23.6. The van der Waals surface area contributed by atoms with Crippen LogP contribution in [0.5, 0.6) is 5.75 Å². The molecule has 32 heavy (non-hydrogen) atoms. The predicted molar refractivity (Wildman–Crippen MR) is 129 cm³/mol. The summed E-state index contributed by atoms with van der Waals surface area (Å²) in [7, 11) is 3.41. The maximum absolute atomic E-state index is 12.2. The molecule has 0 aliphatic carbocycles. The number of carbonyl (C=O) groups is 1. The predicted octanol–water partition coefficient (Wildman–Crippen LogP) is 3.92. The summed E-state index contributed by atoms with van der Waals surface area (Å²) in [6.45, 7) is 6.31. The lowest BCUT2D eigenvalue weighted by Gasteiger charge is -2.24. The third-order valence-electron chi connectivity index (χ3n) is 5.39. The molecule has 0 bridgehead atoms. The molecule has 3 rings (SSSR count). The van der Waals surface area contributed by atoms with Crippen LogP contribution in [0.2, 0.25) is 0 Å². The number of hydrogen-bond donors (Lipinski definition) is 2. The Kier molecular flexibility index (Phi) is 7.12. The number of carbonyl (C=O) groups excluding carboxylic acids is 1. The average molecular weight is 455 g/mol. The number of ether oxygens (including phenoxy) is 1. The van der Waals surface area contributed by atoms with Gasteiger partial charge < -0.3 is 4.74 Å². The molecule has 2 amide bonds. The van der Waals surface area contributed by atoms with E-state index in [9.17, 15) is 4.79 Å². The lowest BCUT2D eigenvalue weighted by Crippen LogP contribution is -2.49. The van der Waals surface area contributed by atoms with Gasteiger partial charge in [-0.2, -0.15) is 5.10 Å². The van der Waals surface area contributed by atoms with Gasteiger partial charge in [-0.3, -0.25) is 9.69 Å². The summed E-state index contributed by atoms with van der Waals surface area (Å²) in [5.74, 6) is 12.3. The number of aromatic nitrogens is 2. The van der Waals surface area contributed by atoms with Crippen molar-refractivity contribution in [2.24, 2.45) is 18.7 Å². The Morgan fingerprint density at radius 2 is 1.88 bits per heavy atom. The number of thioether (sulfide) groups is 1. The number of hydrazine groups is 2. The Bertz CT molecular complexity index is 1140. The van der Waals surface area contributed by atoms with Crippen molar-refractivity contribution in [2.75, 3.05) is 18.3 Å². The maximum atomic E-state index is 12.2. The molecule has 0 aliphatic heterocycles. The quantitative estimate of drug-likeness (QED) is 0.253. The molecule has 3 aromatic rings. The highest BCUT2D eigenvalue weighted by molar-refractivity contribution is 7.98. The number of urea groups is 1. The standard InChI is InChI=1S/C23H30N6O2S/c1-14-8-7-9-19(29(25)23(30)27(4)24)18(14)13-31-20-11-10-17(12-15(20)2)21-16(3)22(32-6)28(5)26-21/h7-12H,13,24-25H2,1-6H3. The fourth-order valence-corrected chi connectivity index (χ4v) is 4.36. The van der Waals surface area contributed by atoms with Crippen molar-refractivity contribution in [3.05, 3.63) is 58.7 Å². The summed E-state index contributed by atoms with van der Waals surface area (Å²) in [6, 6.07) is 11.1. The van der Waals surface area contributed by atoms with Crippen LogP contribution in [-0.2, 0) is 13.7 Å². The summed E-state index contributed by atoms with van der Waals surface area (Å²) in [5, 5.41) is 7.80. The minimum Gasteiger partial charge on any atom is -0.489 e. The molecule has 2 aromatic carbocycles. The minimum atomic E-state index is -0.521. The number of hydrogen-bond acceptors (Lipinski definition) is 6. The lowest BCUT2D eigenvalue weighted by atomic mass is 10.1. The summed E-state index contributed by atoms with van der Waals surface area (Å²) in [6.07, 6.45) is 2.05. The Balaban J connectivity index is 1.85. The molecular formula is C23H30N6O2S. The van der Waals surface area contributed by atoms with Crippen LogP contribution in [0.1, 0.15) is 22.3 Å². The SMILES string of the molecule is CSc1c(C)c(-c2ccc(OCc3c(C)cccc3N(N)C(=O)N(C)N)c(C)c2)nn1C. The van der Waals surface area contributed by atoms with Crippen molar-refractivity contribution in [2.45, 2.75) is 32.4 Å². The van der Waals surface area contributed by atoms with Crippen molar-refractivity contribution in [1.29, 1.82) is 0 Å². The van der Waals surface area contributed by atoms with Gasteiger partial charge in [0.15, 0.2) is 0 Å². The number of amides is 2. The summed E-state index contributed by atoms with van der Waals surface area (Å²) in [5.41, 5.74) is 6.51. The monoisotopic (exact) mass is 454 g/mol. The highest BCUT2D eigenvalue weighted by Gasteiger charge is 2.19. The van der Waals surface area contributed by atoms with E-state index in [0.717, 1.165) is 54.3 Å². The third kappa shape index (κ3) is 4.59. The molecular weight excluding hydrogens is 424 g/mol. The van der Waals surface area contributed by atoms with Crippen molar-refractivity contribution < 1.29 is 9.53 Å². The Labute approximate surface area is 193 Å². The van der Waals surface area contributed by atoms with Gasteiger partial charge in [-0.25, -0.2) is 21.5 Å². The normalized spacial score (nSPS) is 10.9. The Hall–Kier alpha value is -3.01. The van der Waals surface area contributed by atoms with E-state index in [-0.39, 0.29) is 6.61 Å². The van der Waals surface area contributed by atoms with Gasteiger partial charge in [-0.15, -0.1) is 11.8 Å². The molecule has 8 nitrogen and oxygen atoms in total. The first-order valence-electron chi connectivity index (χ1n) is 10.1. The highest BCUT2D eigenvalue weighted by Crippen LogP contribution is 2.32. The number of nitrogens with zero attached hydrogens (tertiary/aromatic N) is 4. The third-order valence-corrected chi connectivity index (χ3v) is 6.34. The van der Waals surface area contributed by atoms with Gasteiger partial charge in [0.25, 0.3) is 0 Å². The van der Waals surface area contributed by atoms with Crippen molar-refractivity contribution >= 4 is 23.5 Å². The number of rotatable bonds is 6. The molecule has 0 aliphatic rings. The first-order valence-corrected chi connectivity index (χ1v) is 11.3. The zero-order valence-corrected chi connectivity index (χ0v) is 20.2. The van der Waals surface area contributed by atoms with Crippen LogP contribution in [0.25, 0.3) is 11.3 Å². The molecule has 0 saturated heterocycles. The topological polar surface area (TPSA) is 103 Å². The second-order valence-corrected chi connectivity index (χ2v) is 8.51. The molecule has 1 heterocycles. The molecule has 9 heteroatoms. The van der Waals surface area contributed by atoms with Crippen LogP contribution in [-0.4, -0.2) is 34.1 Å². The molecule has 0 spiro atoms. The zero-order valence-electron chi connectivity index (χ0n) is 19.3. The van der Waals surface area contributed by atoms with Crippen molar-refractivity contribution in [1.82, 2.24) is 14.8 Å². The van der Waals surface area contributed by atoms with Crippen molar-refractivity contribution in [3.63, 3.8) is 0 Å². The van der Waals surface area contributed by atoms with Gasteiger partial charge in [-0.1, -0.05) is 12.1 Å². The maximum Gasteiger partial charge on any atom is 0.352 e. The molecule has 1 aromatic heterocycles. The first kappa shape index (κ1) is 23.6. The molecule has 0 atom stereocenters. The number of anilines is 1. The van der Waals surface area contributed by atoms with E-state index in [2.05, 4.69) is 24.3 Å². The van der Waals surface area contributed by atoms with Gasteiger partial charge in [0.1, 0.15) is 12.4 Å². The second-order valence-electron chi connectivity index (χ2n) is 7.71. The van der Waals surface area contributed by atoms with E-state index in [4.69, 9.17) is 16.4 Å².